The summed E-state index contributed by atoms with van der Waals surface area (Å²) in [6, 6.07) is 5.62. The van der Waals surface area contributed by atoms with Crippen molar-refractivity contribution in [2.24, 2.45) is 0 Å². The van der Waals surface area contributed by atoms with Crippen molar-refractivity contribution in [2.75, 3.05) is 31.8 Å². The van der Waals surface area contributed by atoms with Gasteiger partial charge in [0.15, 0.2) is 6.04 Å². The molecule has 1 atom stereocenters. The van der Waals surface area contributed by atoms with E-state index in [4.69, 9.17) is 9.47 Å². The van der Waals surface area contributed by atoms with Gasteiger partial charge in [-0.1, -0.05) is 6.07 Å². The maximum absolute atomic E-state index is 11.7. The van der Waals surface area contributed by atoms with Gasteiger partial charge in [-0.25, -0.2) is 4.79 Å². The van der Waals surface area contributed by atoms with Crippen molar-refractivity contribution in [2.45, 2.75) is 6.04 Å². The zero-order valence-electron chi connectivity index (χ0n) is 10.4. The summed E-state index contributed by atoms with van der Waals surface area (Å²) in [5.74, 6) is -0.411. The number of carbonyl (C=O) groups excluding carboxylic acids is 1. The number of carbonyl (C=O) groups is 1. The van der Waals surface area contributed by atoms with Crippen LogP contribution in [0.25, 0.3) is 0 Å². The first-order valence-electron chi connectivity index (χ1n) is 5.80. The molecule has 19 heavy (non-hydrogen) atoms. The van der Waals surface area contributed by atoms with Gasteiger partial charge in [-0.3, -0.25) is 10.1 Å². The summed E-state index contributed by atoms with van der Waals surface area (Å²) < 4.78 is 9.98. The Morgan fingerprint density at radius 1 is 1.58 bits per heavy atom. The van der Waals surface area contributed by atoms with E-state index in [-0.39, 0.29) is 12.3 Å². The van der Waals surface area contributed by atoms with Gasteiger partial charge in [-0.2, -0.15) is 0 Å². The minimum atomic E-state index is -0.569. The number of non-ortho nitro benzene ring substituents is 1. The Hall–Kier alpha value is -2.15. The number of ether oxygens (including phenoxy) is 2. The van der Waals surface area contributed by atoms with Gasteiger partial charge in [0, 0.05) is 24.4 Å². The van der Waals surface area contributed by atoms with E-state index in [9.17, 15) is 14.9 Å². The summed E-state index contributed by atoms with van der Waals surface area (Å²) in [6.45, 7) is 1.17. The topological polar surface area (TPSA) is 81.9 Å². The van der Waals surface area contributed by atoms with Crippen LogP contribution in [0.1, 0.15) is 0 Å². The second-order valence-electron chi connectivity index (χ2n) is 4.08. The number of nitro groups is 1. The van der Waals surface area contributed by atoms with Crippen LogP contribution in [0.2, 0.25) is 0 Å². The van der Waals surface area contributed by atoms with Crippen molar-refractivity contribution in [3.8, 4) is 0 Å². The molecule has 1 unspecified atom stereocenters. The average molecular weight is 266 g/mol. The highest BCUT2D eigenvalue weighted by Crippen LogP contribution is 2.24. The lowest BCUT2D eigenvalue weighted by molar-refractivity contribution is -0.384. The molecule has 1 aliphatic rings. The third-order valence-electron chi connectivity index (χ3n) is 2.97. The number of anilines is 1. The Morgan fingerprint density at radius 3 is 3.05 bits per heavy atom. The number of benzene rings is 1. The van der Waals surface area contributed by atoms with E-state index in [2.05, 4.69) is 0 Å². The fraction of sp³-hybridized carbons (Fsp3) is 0.417. The number of nitrogens with zero attached hydrogens (tertiary/aromatic N) is 2. The van der Waals surface area contributed by atoms with Crippen LogP contribution in [0.4, 0.5) is 11.4 Å². The quantitative estimate of drug-likeness (QED) is 0.460. The van der Waals surface area contributed by atoms with Gasteiger partial charge in [-0.15, -0.1) is 0 Å². The predicted molar refractivity (Wildman–Crippen MR) is 67.1 cm³/mol. The molecule has 1 heterocycles. The summed E-state index contributed by atoms with van der Waals surface area (Å²) in [4.78, 5) is 23.8. The van der Waals surface area contributed by atoms with Gasteiger partial charge >= 0.3 is 5.97 Å². The first-order valence-corrected chi connectivity index (χ1v) is 5.80. The van der Waals surface area contributed by atoms with Gasteiger partial charge in [0.2, 0.25) is 0 Å². The lowest BCUT2D eigenvalue weighted by Crippen LogP contribution is -2.50. The molecule has 0 amide bonds. The molecule has 1 aromatic carbocycles. The molecule has 1 fully saturated rings. The summed E-state index contributed by atoms with van der Waals surface area (Å²) in [5.41, 5.74) is 0.612. The third-order valence-corrected chi connectivity index (χ3v) is 2.97. The van der Waals surface area contributed by atoms with Gasteiger partial charge in [-0.05, 0) is 6.07 Å². The number of esters is 1. The first-order chi connectivity index (χ1) is 9.13. The van der Waals surface area contributed by atoms with Crippen LogP contribution in [0.3, 0.4) is 0 Å². The molecule has 0 saturated carbocycles. The van der Waals surface area contributed by atoms with Crippen molar-refractivity contribution in [3.05, 3.63) is 34.4 Å². The Morgan fingerprint density at radius 2 is 2.37 bits per heavy atom. The SMILES string of the molecule is COC(=O)C1COCCN1c1cccc([N+](=O)[O-])c1. The van der Waals surface area contributed by atoms with Gasteiger partial charge < -0.3 is 14.4 Å². The second-order valence-corrected chi connectivity index (χ2v) is 4.08. The molecule has 7 heteroatoms. The number of nitro benzene ring substituents is 1. The average Bonchev–Trinajstić information content (AvgIpc) is 2.46. The lowest BCUT2D eigenvalue weighted by atomic mass is 10.1. The van der Waals surface area contributed by atoms with E-state index in [0.717, 1.165) is 0 Å². The van der Waals surface area contributed by atoms with Crippen LogP contribution in [-0.2, 0) is 14.3 Å². The van der Waals surface area contributed by atoms with E-state index < -0.39 is 16.9 Å². The molecule has 0 radical (unpaired) electrons. The van der Waals surface area contributed by atoms with Crippen molar-refractivity contribution in [1.29, 1.82) is 0 Å². The van der Waals surface area contributed by atoms with Crippen LogP contribution in [0, 0.1) is 10.1 Å². The maximum Gasteiger partial charge on any atom is 0.330 e. The standard InChI is InChI=1S/C12H14N2O5/c1-18-12(15)11-8-19-6-5-13(11)9-3-2-4-10(7-9)14(16)17/h2-4,7,11H,5-6,8H2,1H3. The fourth-order valence-electron chi connectivity index (χ4n) is 2.03. The Bertz CT molecular complexity index is 491. The molecule has 0 aliphatic carbocycles. The zero-order chi connectivity index (χ0) is 13.8. The fourth-order valence-corrected chi connectivity index (χ4v) is 2.03. The Balaban J connectivity index is 2.29. The minimum absolute atomic E-state index is 0.00684. The highest BCUT2D eigenvalue weighted by Gasteiger charge is 2.31. The summed E-state index contributed by atoms with van der Waals surface area (Å²) in [6.07, 6.45) is 0. The predicted octanol–water partition coefficient (Wildman–Crippen LogP) is 0.973. The minimum Gasteiger partial charge on any atom is -0.467 e. The van der Waals surface area contributed by atoms with Crippen LogP contribution in [0.15, 0.2) is 24.3 Å². The normalized spacial score (nSPS) is 19.0. The monoisotopic (exact) mass is 266 g/mol. The molecule has 0 spiro atoms. The Labute approximate surface area is 109 Å². The van der Waals surface area contributed by atoms with Crippen molar-refractivity contribution in [3.63, 3.8) is 0 Å². The smallest absolute Gasteiger partial charge is 0.330 e. The number of hydrogen-bond acceptors (Lipinski definition) is 6. The number of methoxy groups -OCH3 is 1. The molecule has 2 rings (SSSR count). The van der Waals surface area contributed by atoms with E-state index in [0.29, 0.717) is 18.8 Å². The number of morpholine rings is 1. The summed E-state index contributed by atoms with van der Waals surface area (Å²) >= 11 is 0. The van der Waals surface area contributed by atoms with Crippen LogP contribution >= 0.6 is 0 Å². The Kier molecular flexibility index (Phi) is 3.96. The van der Waals surface area contributed by atoms with E-state index >= 15 is 0 Å². The lowest BCUT2D eigenvalue weighted by Gasteiger charge is -2.35. The molecule has 0 N–H and O–H groups in total. The van der Waals surface area contributed by atoms with Gasteiger partial charge in [0.05, 0.1) is 25.2 Å². The summed E-state index contributed by atoms with van der Waals surface area (Å²) in [5, 5.41) is 10.8. The molecule has 1 aliphatic heterocycles. The maximum atomic E-state index is 11.7. The molecule has 0 bridgehead atoms. The largest absolute Gasteiger partial charge is 0.467 e. The van der Waals surface area contributed by atoms with Crippen molar-refractivity contribution >= 4 is 17.3 Å². The molecule has 1 aromatic rings. The van der Waals surface area contributed by atoms with Gasteiger partial charge in [0.25, 0.3) is 5.69 Å². The van der Waals surface area contributed by atoms with Gasteiger partial charge in [0.1, 0.15) is 0 Å². The third kappa shape index (κ3) is 2.82. The molecule has 1 saturated heterocycles. The highest BCUT2D eigenvalue weighted by atomic mass is 16.6. The van der Waals surface area contributed by atoms with Crippen molar-refractivity contribution < 1.29 is 19.2 Å². The van der Waals surface area contributed by atoms with Crippen LogP contribution in [0.5, 0.6) is 0 Å². The summed E-state index contributed by atoms with van der Waals surface area (Å²) in [7, 11) is 1.31. The first kappa shape index (κ1) is 13.3. The van der Waals surface area contributed by atoms with E-state index in [1.54, 1.807) is 17.0 Å². The van der Waals surface area contributed by atoms with Crippen LogP contribution in [-0.4, -0.2) is 43.8 Å². The molecule has 0 aromatic heterocycles. The van der Waals surface area contributed by atoms with E-state index in [1.807, 2.05) is 0 Å². The zero-order valence-corrected chi connectivity index (χ0v) is 10.4. The van der Waals surface area contributed by atoms with Crippen molar-refractivity contribution in [1.82, 2.24) is 0 Å². The van der Waals surface area contributed by atoms with E-state index in [1.165, 1.54) is 19.2 Å². The second kappa shape index (κ2) is 5.66. The molecule has 102 valence electrons. The molecular formula is C12H14N2O5. The number of hydrogen-bond donors (Lipinski definition) is 0. The highest BCUT2D eigenvalue weighted by molar-refractivity contribution is 5.80. The molecule has 7 nitrogen and oxygen atoms in total. The number of rotatable bonds is 3. The molecular weight excluding hydrogens is 252 g/mol. The van der Waals surface area contributed by atoms with Crippen LogP contribution < -0.4 is 4.90 Å².